The number of rotatable bonds is 6. The summed E-state index contributed by atoms with van der Waals surface area (Å²) in [7, 11) is 1.62. The van der Waals surface area contributed by atoms with Gasteiger partial charge in [0, 0.05) is 11.3 Å². The first-order valence-electron chi connectivity index (χ1n) is 10.5. The molecule has 3 heterocycles. The van der Waals surface area contributed by atoms with Gasteiger partial charge in [0.05, 0.1) is 30.1 Å². The van der Waals surface area contributed by atoms with Crippen molar-refractivity contribution < 1.29 is 14.1 Å². The van der Waals surface area contributed by atoms with Crippen molar-refractivity contribution in [3.8, 4) is 16.5 Å². The van der Waals surface area contributed by atoms with Crippen LogP contribution in [0.3, 0.4) is 0 Å². The smallest absolute Gasteiger partial charge is 0.322 e. The molecule has 1 aliphatic rings. The molecule has 0 fully saturated rings. The average molecular weight is 459 g/mol. The van der Waals surface area contributed by atoms with Gasteiger partial charge in [0.1, 0.15) is 5.75 Å². The second-order valence-corrected chi connectivity index (χ2v) is 8.54. The fourth-order valence-electron chi connectivity index (χ4n) is 3.99. The van der Waals surface area contributed by atoms with E-state index >= 15 is 0 Å². The molecule has 7 nitrogen and oxygen atoms in total. The van der Waals surface area contributed by atoms with E-state index in [1.165, 1.54) is 0 Å². The SMILES string of the molecule is COc1ccccc1CN1C(=O)NC(c2ccccc2)C(c2nc(-c3cccs3)no2)=C1C. The molecule has 0 radical (unpaired) electrons. The number of nitrogens with zero attached hydrogens (tertiary/aromatic N) is 3. The van der Waals surface area contributed by atoms with Crippen LogP contribution in [-0.2, 0) is 6.54 Å². The highest BCUT2D eigenvalue weighted by molar-refractivity contribution is 7.13. The fourth-order valence-corrected chi connectivity index (χ4v) is 4.64. The average Bonchev–Trinajstić information content (AvgIpc) is 3.54. The highest BCUT2D eigenvalue weighted by Gasteiger charge is 2.36. The highest BCUT2D eigenvalue weighted by atomic mass is 32.1. The van der Waals surface area contributed by atoms with Gasteiger partial charge in [0.2, 0.25) is 5.82 Å². The van der Waals surface area contributed by atoms with Crippen LogP contribution in [0, 0.1) is 0 Å². The molecule has 166 valence electrons. The molecule has 0 aliphatic carbocycles. The third kappa shape index (κ3) is 4.01. The zero-order chi connectivity index (χ0) is 22.8. The van der Waals surface area contributed by atoms with E-state index in [1.807, 2.05) is 79.0 Å². The number of ether oxygens (including phenoxy) is 1. The van der Waals surface area contributed by atoms with Gasteiger partial charge in [-0.15, -0.1) is 11.3 Å². The first kappa shape index (κ1) is 21.0. The summed E-state index contributed by atoms with van der Waals surface area (Å²) < 4.78 is 11.2. The zero-order valence-electron chi connectivity index (χ0n) is 18.2. The molecule has 0 spiro atoms. The van der Waals surface area contributed by atoms with Gasteiger partial charge >= 0.3 is 6.03 Å². The Labute approximate surface area is 195 Å². The van der Waals surface area contributed by atoms with Crippen LogP contribution in [0.4, 0.5) is 4.79 Å². The lowest BCUT2D eigenvalue weighted by atomic mass is 9.94. The first-order valence-corrected chi connectivity index (χ1v) is 11.4. The summed E-state index contributed by atoms with van der Waals surface area (Å²) in [5.41, 5.74) is 3.36. The number of aromatic nitrogens is 2. The first-order chi connectivity index (χ1) is 16.2. The Kier molecular flexibility index (Phi) is 5.66. The van der Waals surface area contributed by atoms with Gasteiger partial charge in [-0.05, 0) is 30.0 Å². The van der Waals surface area contributed by atoms with Crippen LogP contribution < -0.4 is 10.1 Å². The van der Waals surface area contributed by atoms with Gasteiger partial charge in [-0.3, -0.25) is 4.90 Å². The fraction of sp³-hybridized carbons (Fsp3) is 0.160. The van der Waals surface area contributed by atoms with Crippen molar-refractivity contribution in [2.24, 2.45) is 0 Å². The van der Waals surface area contributed by atoms with Crippen molar-refractivity contribution in [3.63, 3.8) is 0 Å². The number of hydrogen-bond acceptors (Lipinski definition) is 6. The van der Waals surface area contributed by atoms with Crippen LogP contribution in [0.25, 0.3) is 16.3 Å². The molecular weight excluding hydrogens is 436 g/mol. The van der Waals surface area contributed by atoms with Crippen molar-refractivity contribution in [1.29, 1.82) is 0 Å². The number of thiophene rings is 1. The van der Waals surface area contributed by atoms with Crippen LogP contribution in [0.15, 0.2) is 82.3 Å². The number of benzene rings is 2. The number of para-hydroxylation sites is 1. The lowest BCUT2D eigenvalue weighted by Crippen LogP contribution is -2.45. The van der Waals surface area contributed by atoms with E-state index in [4.69, 9.17) is 9.26 Å². The van der Waals surface area contributed by atoms with Gasteiger partial charge in [0.15, 0.2) is 0 Å². The van der Waals surface area contributed by atoms with E-state index in [0.717, 1.165) is 33.0 Å². The summed E-state index contributed by atoms with van der Waals surface area (Å²) in [5, 5.41) is 9.29. The van der Waals surface area contributed by atoms with E-state index in [1.54, 1.807) is 23.3 Å². The second-order valence-electron chi connectivity index (χ2n) is 7.59. The molecule has 2 amide bonds. The third-order valence-corrected chi connectivity index (χ3v) is 6.51. The largest absolute Gasteiger partial charge is 0.496 e. The van der Waals surface area contributed by atoms with Crippen LogP contribution in [0.2, 0.25) is 0 Å². The Morgan fingerprint density at radius 3 is 2.64 bits per heavy atom. The number of hydrogen-bond donors (Lipinski definition) is 1. The van der Waals surface area contributed by atoms with Gasteiger partial charge in [0.25, 0.3) is 5.89 Å². The van der Waals surface area contributed by atoms with Gasteiger partial charge in [-0.1, -0.05) is 59.8 Å². The molecule has 1 atom stereocenters. The Hall–Kier alpha value is -3.91. The number of methoxy groups -OCH3 is 1. The Bertz CT molecular complexity index is 1300. The molecule has 1 aliphatic heterocycles. The third-order valence-electron chi connectivity index (χ3n) is 5.65. The van der Waals surface area contributed by atoms with E-state index in [2.05, 4.69) is 15.5 Å². The summed E-state index contributed by atoms with van der Waals surface area (Å²) in [6, 6.07) is 20.7. The number of amides is 2. The summed E-state index contributed by atoms with van der Waals surface area (Å²) in [6.45, 7) is 2.26. The molecule has 8 heteroatoms. The van der Waals surface area contributed by atoms with Crippen molar-refractivity contribution in [3.05, 3.63) is 94.8 Å². The maximum Gasteiger partial charge on any atom is 0.322 e. The molecule has 1 N–H and O–H groups in total. The standard InChI is InChI=1S/C25H22N4O3S/c1-16-21(24-27-23(28-32-24)20-13-8-14-33-20)22(17-9-4-3-5-10-17)26-25(30)29(16)15-18-11-6-7-12-19(18)31-2/h3-14,22H,15H2,1-2H3,(H,26,30). The molecule has 4 aromatic rings. The molecule has 0 saturated carbocycles. The quantitative estimate of drug-likeness (QED) is 0.412. The predicted molar refractivity (Wildman–Crippen MR) is 126 cm³/mol. The van der Waals surface area contributed by atoms with Crippen LogP contribution in [-0.4, -0.2) is 28.2 Å². The number of carbonyl (C=O) groups excluding carboxylic acids is 1. The van der Waals surface area contributed by atoms with Crippen LogP contribution >= 0.6 is 11.3 Å². The summed E-state index contributed by atoms with van der Waals surface area (Å²) >= 11 is 1.55. The normalized spacial score (nSPS) is 16.1. The minimum atomic E-state index is -0.413. The maximum absolute atomic E-state index is 13.2. The molecule has 5 rings (SSSR count). The Morgan fingerprint density at radius 2 is 1.88 bits per heavy atom. The van der Waals surface area contributed by atoms with Crippen molar-refractivity contribution in [1.82, 2.24) is 20.4 Å². The zero-order valence-corrected chi connectivity index (χ0v) is 19.0. The molecule has 0 bridgehead atoms. The molecule has 33 heavy (non-hydrogen) atoms. The van der Waals surface area contributed by atoms with Crippen molar-refractivity contribution >= 4 is 22.9 Å². The lowest BCUT2D eigenvalue weighted by molar-refractivity contribution is 0.202. The lowest BCUT2D eigenvalue weighted by Gasteiger charge is -2.35. The highest BCUT2D eigenvalue weighted by Crippen LogP contribution is 2.38. The van der Waals surface area contributed by atoms with E-state index in [0.29, 0.717) is 18.3 Å². The monoisotopic (exact) mass is 458 g/mol. The summed E-state index contributed by atoms with van der Waals surface area (Å²) in [4.78, 5) is 20.5. The minimum absolute atomic E-state index is 0.200. The number of nitrogens with one attached hydrogen (secondary N) is 1. The number of allylic oxidation sites excluding steroid dienone is 1. The molecular formula is C25H22N4O3S. The summed E-state index contributed by atoms with van der Waals surface area (Å²) in [5.74, 6) is 1.64. The molecule has 1 unspecified atom stereocenters. The van der Waals surface area contributed by atoms with E-state index < -0.39 is 6.04 Å². The Morgan fingerprint density at radius 1 is 1.09 bits per heavy atom. The maximum atomic E-state index is 13.2. The molecule has 0 saturated heterocycles. The summed E-state index contributed by atoms with van der Waals surface area (Å²) in [6.07, 6.45) is 0. The van der Waals surface area contributed by atoms with Crippen LogP contribution in [0.5, 0.6) is 5.75 Å². The number of carbonyl (C=O) groups is 1. The van der Waals surface area contributed by atoms with Crippen molar-refractivity contribution in [2.75, 3.05) is 7.11 Å². The van der Waals surface area contributed by atoms with Gasteiger partial charge < -0.3 is 14.6 Å². The molecule has 2 aromatic carbocycles. The van der Waals surface area contributed by atoms with Crippen molar-refractivity contribution in [2.45, 2.75) is 19.5 Å². The number of urea groups is 1. The predicted octanol–water partition coefficient (Wildman–Crippen LogP) is 5.50. The van der Waals surface area contributed by atoms with E-state index in [9.17, 15) is 4.79 Å². The van der Waals surface area contributed by atoms with Gasteiger partial charge in [-0.25, -0.2) is 4.79 Å². The van der Waals surface area contributed by atoms with Crippen LogP contribution in [0.1, 0.15) is 30.0 Å². The topological polar surface area (TPSA) is 80.5 Å². The van der Waals surface area contributed by atoms with Gasteiger partial charge in [-0.2, -0.15) is 4.98 Å². The Balaban J connectivity index is 1.60. The molecule has 2 aromatic heterocycles. The van der Waals surface area contributed by atoms with E-state index in [-0.39, 0.29) is 6.03 Å². The second kappa shape index (κ2) is 8.91. The minimum Gasteiger partial charge on any atom is -0.496 e.